The summed E-state index contributed by atoms with van der Waals surface area (Å²) < 4.78 is 11.3. The summed E-state index contributed by atoms with van der Waals surface area (Å²) in [5.41, 5.74) is 1.24. The van der Waals surface area contributed by atoms with Gasteiger partial charge in [0.1, 0.15) is 13.2 Å². The van der Waals surface area contributed by atoms with Crippen molar-refractivity contribution >= 4 is 11.9 Å². The number of rotatable bonds is 7. The van der Waals surface area contributed by atoms with Crippen molar-refractivity contribution in [2.24, 2.45) is 0 Å². The first-order valence-corrected chi connectivity index (χ1v) is 10.7. The van der Waals surface area contributed by atoms with Crippen molar-refractivity contribution in [3.8, 4) is 11.5 Å². The van der Waals surface area contributed by atoms with Gasteiger partial charge >= 0.3 is 6.03 Å². The maximum absolute atomic E-state index is 13.7. The van der Waals surface area contributed by atoms with E-state index in [9.17, 15) is 9.59 Å². The van der Waals surface area contributed by atoms with E-state index in [1.807, 2.05) is 67.3 Å². The highest BCUT2D eigenvalue weighted by molar-refractivity contribution is 5.87. The summed E-state index contributed by atoms with van der Waals surface area (Å²) in [5, 5.41) is 2.82. The lowest BCUT2D eigenvalue weighted by atomic mass is 9.83. The Kier molecular flexibility index (Phi) is 6.02. The minimum absolute atomic E-state index is 0.0215. The van der Waals surface area contributed by atoms with Crippen LogP contribution in [0, 0.1) is 0 Å². The maximum Gasteiger partial charge on any atom is 0.317 e. The van der Waals surface area contributed by atoms with Crippen molar-refractivity contribution < 1.29 is 19.1 Å². The van der Waals surface area contributed by atoms with Gasteiger partial charge in [0.05, 0.1) is 5.41 Å². The molecule has 0 aliphatic carbocycles. The molecule has 2 aliphatic rings. The Morgan fingerprint density at radius 2 is 1.84 bits per heavy atom. The molecule has 0 bridgehead atoms. The zero-order chi connectivity index (χ0) is 21.8. The molecule has 0 aromatic heterocycles. The Balaban J connectivity index is 1.56. The van der Waals surface area contributed by atoms with E-state index in [-0.39, 0.29) is 11.9 Å². The molecule has 1 saturated heterocycles. The van der Waals surface area contributed by atoms with Crippen molar-refractivity contribution in [1.82, 2.24) is 15.1 Å². The highest BCUT2D eigenvalue weighted by Crippen LogP contribution is 2.32. The van der Waals surface area contributed by atoms with E-state index < -0.39 is 5.41 Å². The van der Waals surface area contributed by atoms with Gasteiger partial charge in [-0.15, -0.1) is 0 Å². The zero-order valence-corrected chi connectivity index (χ0v) is 18.1. The molecule has 2 heterocycles. The molecular formula is C24H29N3O4. The van der Waals surface area contributed by atoms with Gasteiger partial charge < -0.3 is 24.6 Å². The van der Waals surface area contributed by atoms with Crippen LogP contribution in [0.25, 0.3) is 0 Å². The molecule has 7 nitrogen and oxygen atoms in total. The molecule has 1 N–H and O–H groups in total. The highest BCUT2D eigenvalue weighted by Gasteiger charge is 2.34. The van der Waals surface area contributed by atoms with Crippen LogP contribution in [0.15, 0.2) is 48.5 Å². The molecular weight excluding hydrogens is 394 g/mol. The summed E-state index contributed by atoms with van der Waals surface area (Å²) in [7, 11) is 0. The molecule has 0 radical (unpaired) electrons. The predicted octanol–water partition coefficient (Wildman–Crippen LogP) is 2.79. The largest absolute Gasteiger partial charge is 0.486 e. The van der Waals surface area contributed by atoms with Crippen molar-refractivity contribution in [2.45, 2.75) is 25.8 Å². The van der Waals surface area contributed by atoms with Gasteiger partial charge in [0, 0.05) is 32.7 Å². The number of urea groups is 1. The molecule has 0 atom stereocenters. The molecule has 1 fully saturated rings. The first-order chi connectivity index (χ1) is 14.9. The van der Waals surface area contributed by atoms with Gasteiger partial charge in [0.15, 0.2) is 11.5 Å². The van der Waals surface area contributed by atoms with Gasteiger partial charge in [-0.05, 0) is 37.1 Å². The number of hydrogen-bond acceptors (Lipinski definition) is 4. The van der Waals surface area contributed by atoms with Crippen LogP contribution >= 0.6 is 0 Å². The van der Waals surface area contributed by atoms with Crippen molar-refractivity contribution in [1.29, 1.82) is 0 Å². The number of benzene rings is 2. The van der Waals surface area contributed by atoms with Crippen LogP contribution in [-0.2, 0) is 16.8 Å². The Morgan fingerprint density at radius 3 is 2.55 bits per heavy atom. The summed E-state index contributed by atoms with van der Waals surface area (Å²) in [4.78, 5) is 29.3. The number of nitrogens with one attached hydrogen (secondary N) is 1. The first kappa shape index (κ1) is 21.0. The van der Waals surface area contributed by atoms with Crippen LogP contribution in [0.4, 0.5) is 4.79 Å². The van der Waals surface area contributed by atoms with Gasteiger partial charge in [-0.3, -0.25) is 4.79 Å². The second-order valence-electron chi connectivity index (χ2n) is 8.41. The molecule has 2 aromatic rings. The molecule has 164 valence electrons. The van der Waals surface area contributed by atoms with E-state index in [4.69, 9.17) is 9.47 Å². The molecule has 4 rings (SSSR count). The quantitative estimate of drug-likeness (QED) is 0.744. The van der Waals surface area contributed by atoms with Crippen LogP contribution in [0.1, 0.15) is 25.0 Å². The third kappa shape index (κ3) is 4.60. The lowest BCUT2D eigenvalue weighted by molar-refractivity contribution is -0.137. The molecule has 31 heavy (non-hydrogen) atoms. The molecule has 7 heteroatoms. The van der Waals surface area contributed by atoms with Crippen LogP contribution in [-0.4, -0.2) is 61.1 Å². The second kappa shape index (κ2) is 8.88. The van der Waals surface area contributed by atoms with Gasteiger partial charge in [-0.2, -0.15) is 0 Å². The average Bonchev–Trinajstić information content (AvgIpc) is 3.21. The predicted molar refractivity (Wildman–Crippen MR) is 117 cm³/mol. The molecule has 0 spiro atoms. The van der Waals surface area contributed by atoms with Crippen LogP contribution in [0.2, 0.25) is 0 Å². The van der Waals surface area contributed by atoms with E-state index in [2.05, 4.69) is 5.32 Å². The smallest absolute Gasteiger partial charge is 0.317 e. The Bertz CT molecular complexity index is 945. The lowest BCUT2D eigenvalue weighted by Crippen LogP contribution is -2.46. The van der Waals surface area contributed by atoms with E-state index >= 15 is 0 Å². The fraction of sp³-hybridized carbons (Fsp3) is 0.417. The number of ether oxygens (including phenoxy) is 2. The summed E-state index contributed by atoms with van der Waals surface area (Å²) in [6.07, 6.45) is 0. The summed E-state index contributed by atoms with van der Waals surface area (Å²) in [6.45, 7) is 7.64. The number of hydrogen-bond donors (Lipinski definition) is 1. The minimum atomic E-state index is -0.692. The number of amides is 3. The minimum Gasteiger partial charge on any atom is -0.486 e. The highest BCUT2D eigenvalue weighted by atomic mass is 16.6. The Labute approximate surface area is 182 Å². The SMILES string of the molecule is CC(C)(C(=O)N(CCN1CCNC1=O)Cc1ccc2c(c1)OCCO2)c1ccccc1. The molecule has 3 amide bonds. The van der Waals surface area contributed by atoms with Gasteiger partial charge in [0.2, 0.25) is 5.91 Å². The summed E-state index contributed by atoms with van der Waals surface area (Å²) >= 11 is 0. The van der Waals surface area contributed by atoms with Gasteiger partial charge in [-0.25, -0.2) is 4.79 Å². The third-order valence-electron chi connectivity index (χ3n) is 5.88. The van der Waals surface area contributed by atoms with Crippen LogP contribution in [0.5, 0.6) is 11.5 Å². The van der Waals surface area contributed by atoms with Crippen LogP contribution in [0.3, 0.4) is 0 Å². The number of carbonyl (C=O) groups excluding carboxylic acids is 2. The number of carbonyl (C=O) groups is 2. The van der Waals surface area contributed by atoms with Crippen LogP contribution < -0.4 is 14.8 Å². The van der Waals surface area contributed by atoms with E-state index in [1.165, 1.54) is 0 Å². The molecule has 0 unspecified atom stereocenters. The molecule has 2 aliphatic heterocycles. The summed E-state index contributed by atoms with van der Waals surface area (Å²) in [6, 6.07) is 15.5. The Morgan fingerprint density at radius 1 is 1.10 bits per heavy atom. The average molecular weight is 424 g/mol. The second-order valence-corrected chi connectivity index (χ2v) is 8.41. The van der Waals surface area contributed by atoms with Gasteiger partial charge in [-0.1, -0.05) is 36.4 Å². The maximum atomic E-state index is 13.7. The molecule has 0 saturated carbocycles. The lowest BCUT2D eigenvalue weighted by Gasteiger charge is -2.33. The fourth-order valence-corrected chi connectivity index (χ4v) is 4.00. The zero-order valence-electron chi connectivity index (χ0n) is 18.1. The molecule has 2 aromatic carbocycles. The normalized spacial score (nSPS) is 15.5. The summed E-state index contributed by atoms with van der Waals surface area (Å²) in [5.74, 6) is 1.46. The standard InChI is InChI=1S/C24H29N3O4/c1-24(2,19-6-4-3-5-7-19)22(28)27(13-12-26-11-10-25-23(26)29)17-18-8-9-20-21(16-18)31-15-14-30-20/h3-9,16H,10-15,17H2,1-2H3,(H,25,29). The van der Waals surface area contributed by atoms with Crippen molar-refractivity contribution in [3.63, 3.8) is 0 Å². The van der Waals surface area contributed by atoms with E-state index in [0.29, 0.717) is 51.7 Å². The van der Waals surface area contributed by atoms with Crippen molar-refractivity contribution in [2.75, 3.05) is 39.4 Å². The fourth-order valence-electron chi connectivity index (χ4n) is 4.00. The van der Waals surface area contributed by atoms with Gasteiger partial charge in [0.25, 0.3) is 0 Å². The van der Waals surface area contributed by atoms with E-state index in [1.54, 1.807) is 4.90 Å². The van der Waals surface area contributed by atoms with Crippen molar-refractivity contribution in [3.05, 3.63) is 59.7 Å². The first-order valence-electron chi connectivity index (χ1n) is 10.7. The third-order valence-corrected chi connectivity index (χ3v) is 5.88. The Hall–Kier alpha value is -3.22. The van der Waals surface area contributed by atoms with E-state index in [0.717, 1.165) is 16.9 Å². The number of fused-ring (bicyclic) bond motifs is 1. The topological polar surface area (TPSA) is 71.1 Å². The number of nitrogens with zero attached hydrogens (tertiary/aromatic N) is 2. The monoisotopic (exact) mass is 423 g/mol.